The van der Waals surface area contributed by atoms with Crippen LogP contribution < -0.4 is 10.1 Å². The van der Waals surface area contributed by atoms with Crippen molar-refractivity contribution in [1.82, 2.24) is 5.32 Å². The molecule has 20 heavy (non-hydrogen) atoms. The smallest absolute Gasteiger partial charge is 0.231 e. The molecule has 1 aromatic rings. The molecule has 1 fully saturated rings. The number of alkyl halides is 2. The fourth-order valence-corrected chi connectivity index (χ4v) is 2.99. The number of halogens is 2. The van der Waals surface area contributed by atoms with Crippen molar-refractivity contribution in [2.45, 2.75) is 37.4 Å². The topological polar surface area (TPSA) is 38.3 Å². The number of fused-ring (bicyclic) bond motifs is 1. The first-order valence-corrected chi connectivity index (χ1v) is 7.22. The van der Waals surface area contributed by atoms with Crippen LogP contribution in [0.4, 0.5) is 4.39 Å². The molecule has 0 saturated heterocycles. The Bertz CT molecular complexity index is 548. The maximum atomic E-state index is 13.7. The Morgan fingerprint density at radius 3 is 2.90 bits per heavy atom. The normalized spacial score (nSPS) is 35.5. The molecule has 2 aliphatic rings. The van der Waals surface area contributed by atoms with Gasteiger partial charge in [-0.15, -0.1) is 0 Å². The number of carbonyl (C=O) groups excluding carboxylic acids is 1. The zero-order chi connectivity index (χ0) is 14.4. The first kappa shape index (κ1) is 13.7. The highest BCUT2D eigenvalue weighted by atomic mass is 35.5. The number of carbonyl (C=O) groups is 1. The van der Waals surface area contributed by atoms with Crippen LogP contribution in [0.2, 0.25) is 0 Å². The molecule has 3 unspecified atom stereocenters. The zero-order valence-corrected chi connectivity index (χ0v) is 12.0. The lowest BCUT2D eigenvalue weighted by Crippen LogP contribution is -2.36. The van der Waals surface area contributed by atoms with Crippen LogP contribution in [-0.2, 0) is 4.79 Å². The number of amides is 1. The van der Waals surface area contributed by atoms with Gasteiger partial charge >= 0.3 is 0 Å². The van der Waals surface area contributed by atoms with Crippen molar-refractivity contribution in [2.75, 3.05) is 6.61 Å². The Labute approximate surface area is 122 Å². The second-order valence-corrected chi connectivity index (χ2v) is 6.37. The molecular formula is C15H17ClFNO2. The van der Waals surface area contributed by atoms with E-state index < -0.39 is 10.5 Å². The lowest BCUT2D eigenvalue weighted by molar-refractivity contribution is -0.127. The van der Waals surface area contributed by atoms with E-state index in [1.807, 2.05) is 24.3 Å². The fraction of sp³-hybridized carbons (Fsp3) is 0.533. The van der Waals surface area contributed by atoms with Crippen molar-refractivity contribution < 1.29 is 13.9 Å². The third-order valence-corrected chi connectivity index (χ3v) is 4.80. The van der Waals surface area contributed by atoms with E-state index >= 15 is 0 Å². The van der Waals surface area contributed by atoms with Gasteiger partial charge in [-0.25, -0.2) is 4.39 Å². The molecule has 3 rings (SSSR count). The van der Waals surface area contributed by atoms with Crippen molar-refractivity contribution in [2.24, 2.45) is 5.41 Å². The minimum Gasteiger partial charge on any atom is -0.493 e. The summed E-state index contributed by atoms with van der Waals surface area (Å²) in [6.45, 7) is 2.19. The molecule has 5 heteroatoms. The Morgan fingerprint density at radius 2 is 2.20 bits per heavy atom. The number of hydrogen-bond acceptors (Lipinski definition) is 2. The monoisotopic (exact) mass is 297 g/mol. The van der Waals surface area contributed by atoms with Crippen molar-refractivity contribution in [3.8, 4) is 5.75 Å². The number of benzene rings is 1. The summed E-state index contributed by atoms with van der Waals surface area (Å²) < 4.78 is 19.4. The molecule has 1 amide bonds. The fourth-order valence-electron chi connectivity index (χ4n) is 2.64. The predicted octanol–water partition coefficient (Wildman–Crippen LogP) is 3.33. The summed E-state index contributed by atoms with van der Waals surface area (Å²) in [5, 5.41) is 1.02. The molecule has 108 valence electrons. The van der Waals surface area contributed by atoms with Gasteiger partial charge < -0.3 is 10.1 Å². The van der Waals surface area contributed by atoms with Crippen molar-refractivity contribution in [3.63, 3.8) is 0 Å². The average molecular weight is 298 g/mol. The molecule has 0 radical (unpaired) electrons. The molecule has 1 aliphatic heterocycles. The van der Waals surface area contributed by atoms with Gasteiger partial charge in [0.25, 0.3) is 0 Å². The lowest BCUT2D eigenvalue weighted by atomic mass is 10.00. The van der Waals surface area contributed by atoms with E-state index in [2.05, 4.69) is 5.32 Å². The van der Waals surface area contributed by atoms with Crippen LogP contribution in [0.3, 0.4) is 0 Å². The van der Waals surface area contributed by atoms with Crippen molar-refractivity contribution >= 4 is 17.5 Å². The predicted molar refractivity (Wildman–Crippen MR) is 74.5 cm³/mol. The van der Waals surface area contributed by atoms with Crippen molar-refractivity contribution in [1.29, 1.82) is 0 Å². The number of rotatable bonds is 2. The Kier molecular flexibility index (Phi) is 3.16. The Balaban J connectivity index is 1.80. The molecule has 3 nitrogen and oxygen atoms in total. The van der Waals surface area contributed by atoms with Crippen LogP contribution in [-0.4, -0.2) is 17.6 Å². The van der Waals surface area contributed by atoms with Gasteiger partial charge in [0.1, 0.15) is 5.75 Å². The molecule has 1 N–H and O–H groups in total. The van der Waals surface area contributed by atoms with Gasteiger partial charge in [0.2, 0.25) is 5.91 Å². The van der Waals surface area contributed by atoms with Crippen LogP contribution in [0, 0.1) is 5.41 Å². The van der Waals surface area contributed by atoms with E-state index in [-0.39, 0.29) is 18.4 Å². The highest BCUT2D eigenvalue weighted by molar-refractivity contribution is 6.28. The average Bonchev–Trinajstić information content (AvgIpc) is 3.00. The Morgan fingerprint density at radius 1 is 1.50 bits per heavy atom. The van der Waals surface area contributed by atoms with Crippen LogP contribution in [0.15, 0.2) is 24.3 Å². The summed E-state index contributed by atoms with van der Waals surface area (Å²) in [6, 6.07) is 7.48. The number of para-hydroxylation sites is 1. The Hall–Kier alpha value is -1.29. The van der Waals surface area contributed by atoms with Gasteiger partial charge in [0.15, 0.2) is 5.13 Å². The molecule has 0 aromatic heterocycles. The summed E-state index contributed by atoms with van der Waals surface area (Å²) in [7, 11) is 0. The van der Waals surface area contributed by atoms with E-state index in [0.29, 0.717) is 6.61 Å². The molecule has 3 atom stereocenters. The summed E-state index contributed by atoms with van der Waals surface area (Å²) in [5.74, 6) is 0.463. The maximum absolute atomic E-state index is 13.7. The SMILES string of the molecule is CC1(C(=O)NC2CCCOc3ccccc32)CC1(F)Cl. The highest BCUT2D eigenvalue weighted by Crippen LogP contribution is 2.62. The number of nitrogens with one attached hydrogen (secondary N) is 1. The maximum Gasteiger partial charge on any atom is 0.231 e. The quantitative estimate of drug-likeness (QED) is 0.850. The second kappa shape index (κ2) is 4.62. The largest absolute Gasteiger partial charge is 0.493 e. The summed E-state index contributed by atoms with van der Waals surface area (Å²) in [5.41, 5.74) is -0.168. The minimum absolute atomic E-state index is 0.0677. The van der Waals surface area contributed by atoms with Crippen LogP contribution in [0.1, 0.15) is 37.8 Å². The van der Waals surface area contributed by atoms with Crippen LogP contribution in [0.5, 0.6) is 5.75 Å². The second-order valence-electron chi connectivity index (χ2n) is 5.77. The number of ether oxygens (including phenoxy) is 1. The molecular weight excluding hydrogens is 281 g/mol. The van der Waals surface area contributed by atoms with Gasteiger partial charge in [-0.1, -0.05) is 29.8 Å². The van der Waals surface area contributed by atoms with E-state index in [1.165, 1.54) is 0 Å². The van der Waals surface area contributed by atoms with Gasteiger partial charge in [-0.3, -0.25) is 4.79 Å². The van der Waals surface area contributed by atoms with Crippen molar-refractivity contribution in [3.05, 3.63) is 29.8 Å². The standard InChI is InChI=1S/C15H17ClFNO2/c1-14(9-15(14,16)17)13(19)18-11-6-4-8-20-12-7-3-2-5-10(11)12/h2-3,5,7,11H,4,6,8-9H2,1H3,(H,18,19). The first-order valence-electron chi connectivity index (χ1n) is 6.84. The van der Waals surface area contributed by atoms with Gasteiger partial charge in [0, 0.05) is 12.0 Å². The summed E-state index contributed by atoms with van der Waals surface area (Å²) in [6.07, 6.45) is 1.69. The van der Waals surface area contributed by atoms with Crippen LogP contribution in [0.25, 0.3) is 0 Å². The molecule has 0 bridgehead atoms. The highest BCUT2D eigenvalue weighted by Gasteiger charge is 2.70. The van der Waals surface area contributed by atoms with E-state index in [1.54, 1.807) is 6.92 Å². The molecule has 1 heterocycles. The van der Waals surface area contributed by atoms with Gasteiger partial charge in [-0.2, -0.15) is 0 Å². The summed E-state index contributed by atoms with van der Waals surface area (Å²) >= 11 is 5.64. The third-order valence-electron chi connectivity index (χ3n) is 4.25. The van der Waals surface area contributed by atoms with E-state index in [9.17, 15) is 9.18 Å². The zero-order valence-electron chi connectivity index (χ0n) is 11.3. The molecule has 0 spiro atoms. The van der Waals surface area contributed by atoms with E-state index in [0.717, 1.165) is 24.2 Å². The van der Waals surface area contributed by atoms with Gasteiger partial charge in [-0.05, 0) is 25.8 Å². The van der Waals surface area contributed by atoms with Crippen LogP contribution >= 0.6 is 11.6 Å². The van der Waals surface area contributed by atoms with Gasteiger partial charge in [0.05, 0.1) is 18.1 Å². The summed E-state index contributed by atoms with van der Waals surface area (Å²) in [4.78, 5) is 12.3. The lowest BCUT2D eigenvalue weighted by Gasteiger charge is -2.21. The van der Waals surface area contributed by atoms with E-state index in [4.69, 9.17) is 16.3 Å². The molecule has 1 saturated carbocycles. The molecule has 1 aliphatic carbocycles. The molecule has 1 aromatic carbocycles. The number of hydrogen-bond donors (Lipinski definition) is 1. The third kappa shape index (κ3) is 2.16. The minimum atomic E-state index is -1.90. The first-order chi connectivity index (χ1) is 9.44.